The maximum atomic E-state index is 8.81. The molecule has 1 aromatic rings. The molecule has 0 radical (unpaired) electrons. The summed E-state index contributed by atoms with van der Waals surface area (Å²) in [6.45, 7) is 1.98. The van der Waals surface area contributed by atoms with E-state index < -0.39 is 0 Å². The Morgan fingerprint density at radius 1 is 1.69 bits per heavy atom. The van der Waals surface area contributed by atoms with E-state index in [-0.39, 0.29) is 5.92 Å². The Bertz CT molecular complexity index is 344. The second kappa shape index (κ2) is 4.73. The first-order valence-electron chi connectivity index (χ1n) is 3.76. The van der Waals surface area contributed by atoms with E-state index in [4.69, 9.17) is 5.26 Å². The van der Waals surface area contributed by atoms with E-state index in [9.17, 15) is 0 Å². The molecule has 1 unspecified atom stereocenters. The van der Waals surface area contributed by atoms with Crippen LogP contribution in [-0.2, 0) is 0 Å². The van der Waals surface area contributed by atoms with Crippen molar-refractivity contribution in [2.24, 2.45) is 0 Å². The van der Waals surface area contributed by atoms with Crippen molar-refractivity contribution in [2.75, 3.05) is 5.33 Å². The van der Waals surface area contributed by atoms with Gasteiger partial charge in [-0.3, -0.25) is 4.98 Å². The molecule has 0 saturated heterocycles. The number of alkyl halides is 1. The molecule has 0 amide bonds. The molecule has 0 aliphatic carbocycles. The zero-order chi connectivity index (χ0) is 9.84. The molecular weight excluding hydrogens is 296 g/mol. The van der Waals surface area contributed by atoms with Gasteiger partial charge < -0.3 is 0 Å². The lowest BCUT2D eigenvalue weighted by Crippen LogP contribution is -2.00. The first kappa shape index (κ1) is 10.7. The van der Waals surface area contributed by atoms with E-state index in [0.29, 0.717) is 5.33 Å². The molecule has 0 aliphatic rings. The molecule has 4 heteroatoms. The predicted octanol–water partition coefficient (Wildman–Crippen LogP) is 3.15. The van der Waals surface area contributed by atoms with Crippen LogP contribution in [0.4, 0.5) is 0 Å². The maximum absolute atomic E-state index is 8.81. The minimum absolute atomic E-state index is 0.160. The smallest absolute Gasteiger partial charge is 0.0981 e. The first-order chi connectivity index (χ1) is 6.19. The molecular formula is C9H8Br2N2. The van der Waals surface area contributed by atoms with Gasteiger partial charge in [-0.05, 0) is 34.5 Å². The largest absolute Gasteiger partial charge is 0.259 e. The first-order valence-corrected chi connectivity index (χ1v) is 5.68. The van der Waals surface area contributed by atoms with Crippen molar-refractivity contribution in [3.05, 3.63) is 28.0 Å². The quantitative estimate of drug-likeness (QED) is 0.787. The standard InChI is InChI=1S/C9H8Br2N2/c1-6-2-9(7(3-10)4-12)13-5-8(6)11/h2,5,7H,3H2,1H3. The normalized spacial score (nSPS) is 12.2. The van der Waals surface area contributed by atoms with E-state index in [2.05, 4.69) is 42.9 Å². The SMILES string of the molecule is Cc1cc(C(C#N)CBr)ncc1Br. The van der Waals surface area contributed by atoms with E-state index in [1.54, 1.807) is 6.20 Å². The summed E-state index contributed by atoms with van der Waals surface area (Å²) in [6.07, 6.45) is 1.73. The summed E-state index contributed by atoms with van der Waals surface area (Å²) in [5.41, 5.74) is 1.92. The maximum Gasteiger partial charge on any atom is 0.0981 e. The number of aryl methyl sites for hydroxylation is 1. The summed E-state index contributed by atoms with van der Waals surface area (Å²) in [5, 5.41) is 9.43. The van der Waals surface area contributed by atoms with Crippen molar-refractivity contribution in [3.8, 4) is 6.07 Å². The van der Waals surface area contributed by atoms with Crippen molar-refractivity contribution in [3.63, 3.8) is 0 Å². The van der Waals surface area contributed by atoms with Crippen LogP contribution < -0.4 is 0 Å². The minimum atomic E-state index is -0.160. The minimum Gasteiger partial charge on any atom is -0.259 e. The fourth-order valence-corrected chi connectivity index (χ4v) is 1.62. The Labute approximate surface area is 94.2 Å². The van der Waals surface area contributed by atoms with E-state index in [1.165, 1.54) is 0 Å². The highest BCUT2D eigenvalue weighted by Crippen LogP contribution is 2.20. The molecule has 1 aromatic heterocycles. The zero-order valence-electron chi connectivity index (χ0n) is 7.09. The van der Waals surface area contributed by atoms with Crippen LogP contribution in [0.15, 0.2) is 16.7 Å². The Hall–Kier alpha value is -0.400. The molecule has 1 heterocycles. The highest BCUT2D eigenvalue weighted by molar-refractivity contribution is 9.10. The van der Waals surface area contributed by atoms with Gasteiger partial charge in [0.15, 0.2) is 0 Å². The summed E-state index contributed by atoms with van der Waals surface area (Å²) in [6, 6.07) is 4.12. The lowest BCUT2D eigenvalue weighted by Gasteiger charge is -2.05. The average molecular weight is 304 g/mol. The van der Waals surface area contributed by atoms with Crippen LogP contribution in [0, 0.1) is 18.3 Å². The van der Waals surface area contributed by atoms with Crippen molar-refractivity contribution in [2.45, 2.75) is 12.8 Å². The third-order valence-corrected chi connectivity index (χ3v) is 3.21. The van der Waals surface area contributed by atoms with Crippen LogP contribution in [0.25, 0.3) is 0 Å². The van der Waals surface area contributed by atoms with Crippen LogP contribution >= 0.6 is 31.9 Å². The summed E-state index contributed by atoms with van der Waals surface area (Å²) < 4.78 is 0.975. The van der Waals surface area contributed by atoms with Gasteiger partial charge in [0.1, 0.15) is 0 Å². The second-order valence-electron chi connectivity index (χ2n) is 2.69. The van der Waals surface area contributed by atoms with E-state index in [1.807, 2.05) is 13.0 Å². The van der Waals surface area contributed by atoms with E-state index >= 15 is 0 Å². The Morgan fingerprint density at radius 3 is 2.85 bits per heavy atom. The van der Waals surface area contributed by atoms with Crippen LogP contribution in [0.2, 0.25) is 0 Å². The van der Waals surface area contributed by atoms with Crippen molar-refractivity contribution < 1.29 is 0 Å². The molecule has 0 aliphatic heterocycles. The van der Waals surface area contributed by atoms with Crippen LogP contribution in [0.5, 0.6) is 0 Å². The molecule has 1 rings (SSSR count). The van der Waals surface area contributed by atoms with Gasteiger partial charge >= 0.3 is 0 Å². The van der Waals surface area contributed by atoms with Crippen LogP contribution in [0.3, 0.4) is 0 Å². The number of aromatic nitrogens is 1. The van der Waals surface area contributed by atoms with Gasteiger partial charge in [0.05, 0.1) is 17.7 Å². The lowest BCUT2D eigenvalue weighted by molar-refractivity contribution is 0.931. The highest BCUT2D eigenvalue weighted by atomic mass is 79.9. The number of nitriles is 1. The topological polar surface area (TPSA) is 36.7 Å². The average Bonchev–Trinajstić information content (AvgIpc) is 2.13. The fraction of sp³-hybridized carbons (Fsp3) is 0.333. The Balaban J connectivity index is 3.04. The highest BCUT2D eigenvalue weighted by Gasteiger charge is 2.10. The van der Waals surface area contributed by atoms with Crippen LogP contribution in [0.1, 0.15) is 17.2 Å². The molecule has 0 saturated carbocycles. The summed E-state index contributed by atoms with van der Waals surface area (Å²) in [5.74, 6) is -0.160. The van der Waals surface area contributed by atoms with Gasteiger partial charge in [-0.1, -0.05) is 15.9 Å². The third kappa shape index (κ3) is 2.52. The third-order valence-electron chi connectivity index (χ3n) is 1.74. The molecule has 1 atom stereocenters. The Kier molecular flexibility index (Phi) is 3.89. The number of hydrogen-bond donors (Lipinski definition) is 0. The zero-order valence-corrected chi connectivity index (χ0v) is 10.3. The van der Waals surface area contributed by atoms with Crippen molar-refractivity contribution in [1.29, 1.82) is 5.26 Å². The molecule has 68 valence electrons. The summed E-state index contributed by atoms with van der Waals surface area (Å²) in [4.78, 5) is 4.18. The number of hydrogen-bond acceptors (Lipinski definition) is 2. The van der Waals surface area contributed by atoms with Gasteiger partial charge in [-0.2, -0.15) is 5.26 Å². The number of pyridine rings is 1. The number of nitrogens with zero attached hydrogens (tertiary/aromatic N) is 2. The van der Waals surface area contributed by atoms with Crippen molar-refractivity contribution >= 4 is 31.9 Å². The van der Waals surface area contributed by atoms with Gasteiger partial charge in [-0.15, -0.1) is 0 Å². The lowest BCUT2D eigenvalue weighted by atomic mass is 10.1. The van der Waals surface area contributed by atoms with Gasteiger partial charge in [-0.25, -0.2) is 0 Å². The molecule has 0 aromatic carbocycles. The monoisotopic (exact) mass is 302 g/mol. The van der Waals surface area contributed by atoms with Gasteiger partial charge in [0.2, 0.25) is 0 Å². The number of rotatable bonds is 2. The molecule has 13 heavy (non-hydrogen) atoms. The molecule has 0 bridgehead atoms. The molecule has 0 fully saturated rings. The van der Waals surface area contributed by atoms with Gasteiger partial charge in [0.25, 0.3) is 0 Å². The predicted molar refractivity (Wildman–Crippen MR) is 58.8 cm³/mol. The molecule has 0 N–H and O–H groups in total. The second-order valence-corrected chi connectivity index (χ2v) is 4.20. The molecule has 0 spiro atoms. The number of halogens is 2. The summed E-state index contributed by atoms with van der Waals surface area (Å²) in [7, 11) is 0. The van der Waals surface area contributed by atoms with Crippen LogP contribution in [-0.4, -0.2) is 10.3 Å². The molecule has 2 nitrogen and oxygen atoms in total. The van der Waals surface area contributed by atoms with Gasteiger partial charge in [0, 0.05) is 16.0 Å². The Morgan fingerprint density at radius 2 is 2.38 bits per heavy atom. The fourth-order valence-electron chi connectivity index (χ4n) is 0.931. The van der Waals surface area contributed by atoms with E-state index in [0.717, 1.165) is 15.7 Å². The summed E-state index contributed by atoms with van der Waals surface area (Å²) >= 11 is 6.65. The van der Waals surface area contributed by atoms with Crippen molar-refractivity contribution in [1.82, 2.24) is 4.98 Å².